The number of methoxy groups -OCH3 is 1. The fraction of sp³-hybridized carbons (Fsp3) is 0.385. The second-order valence-electron chi connectivity index (χ2n) is 3.87. The van der Waals surface area contributed by atoms with Crippen LogP contribution in [0.15, 0.2) is 4.47 Å². The molecule has 104 valence electrons. The molecule has 0 saturated heterocycles. The molecule has 0 atom stereocenters. The highest BCUT2D eigenvalue weighted by atomic mass is 79.9. The zero-order valence-electron chi connectivity index (χ0n) is 11.2. The molecule has 0 aliphatic carbocycles. The highest BCUT2D eigenvalue weighted by Crippen LogP contribution is 2.41. The van der Waals surface area contributed by atoms with E-state index >= 15 is 0 Å². The molecule has 1 N–H and O–H groups in total. The first-order valence-corrected chi connectivity index (χ1v) is 6.43. The van der Waals surface area contributed by atoms with E-state index in [1.807, 2.05) is 0 Å². The van der Waals surface area contributed by atoms with Crippen molar-refractivity contribution in [3.8, 4) is 11.5 Å². The monoisotopic (exact) mass is 330 g/mol. The summed E-state index contributed by atoms with van der Waals surface area (Å²) in [5, 5.41) is 10.1. The predicted molar refractivity (Wildman–Crippen MR) is 72.8 cm³/mol. The zero-order valence-corrected chi connectivity index (χ0v) is 12.8. The molecule has 1 rings (SSSR count). The number of ketones is 1. The number of esters is 1. The van der Waals surface area contributed by atoms with Crippen LogP contribution in [0.1, 0.15) is 28.4 Å². The van der Waals surface area contributed by atoms with Crippen molar-refractivity contribution in [3.63, 3.8) is 0 Å². The first-order valence-electron chi connectivity index (χ1n) is 5.63. The third kappa shape index (κ3) is 2.73. The van der Waals surface area contributed by atoms with E-state index in [2.05, 4.69) is 20.7 Å². The molecule has 0 unspecified atom stereocenters. The first kappa shape index (κ1) is 15.5. The molecule has 1 aromatic carbocycles. The zero-order chi connectivity index (χ0) is 14.7. The number of carbonyl (C=O) groups is 2. The van der Waals surface area contributed by atoms with Crippen LogP contribution in [0.5, 0.6) is 11.5 Å². The maximum Gasteiger partial charge on any atom is 0.379 e. The Labute approximate surface area is 119 Å². The largest absolute Gasteiger partial charge is 0.504 e. The molecular formula is C13H15BrO5. The Morgan fingerprint density at radius 1 is 1.26 bits per heavy atom. The van der Waals surface area contributed by atoms with Crippen LogP contribution in [0.4, 0.5) is 0 Å². The van der Waals surface area contributed by atoms with E-state index in [9.17, 15) is 14.7 Å². The van der Waals surface area contributed by atoms with Gasteiger partial charge in [0.1, 0.15) is 0 Å². The van der Waals surface area contributed by atoms with E-state index in [-0.39, 0.29) is 23.7 Å². The fourth-order valence-corrected chi connectivity index (χ4v) is 2.16. The number of Topliss-reactive ketones (excluding diaryl/α,β-unsaturated/α-hetero) is 1. The maximum absolute atomic E-state index is 12.0. The number of hydrogen-bond donors (Lipinski definition) is 1. The normalized spacial score (nSPS) is 10.2. The number of phenols is 1. The van der Waals surface area contributed by atoms with Gasteiger partial charge in [-0.2, -0.15) is 0 Å². The molecule has 0 heterocycles. The average Bonchev–Trinajstić information content (AvgIpc) is 2.37. The highest BCUT2D eigenvalue weighted by molar-refractivity contribution is 9.10. The lowest BCUT2D eigenvalue weighted by Crippen LogP contribution is -2.19. The van der Waals surface area contributed by atoms with Gasteiger partial charge in [-0.1, -0.05) is 15.9 Å². The molecule has 0 amide bonds. The lowest BCUT2D eigenvalue weighted by molar-refractivity contribution is -0.137. The minimum absolute atomic E-state index is 0.0918. The predicted octanol–water partition coefficient (Wildman–Crippen LogP) is 2.53. The van der Waals surface area contributed by atoms with Crippen LogP contribution in [0.2, 0.25) is 0 Å². The van der Waals surface area contributed by atoms with Crippen molar-refractivity contribution in [1.82, 2.24) is 0 Å². The number of carbonyl (C=O) groups excluding carboxylic acids is 2. The third-order valence-corrected chi connectivity index (χ3v) is 3.91. The van der Waals surface area contributed by atoms with Crippen LogP contribution in [0, 0.1) is 13.8 Å². The summed E-state index contributed by atoms with van der Waals surface area (Å²) in [6.45, 7) is 5.05. The second kappa shape index (κ2) is 6.06. The summed E-state index contributed by atoms with van der Waals surface area (Å²) >= 11 is 3.32. The Hall–Kier alpha value is -1.56. The molecule has 0 radical (unpaired) electrons. The van der Waals surface area contributed by atoms with Gasteiger partial charge in [0.05, 0.1) is 19.3 Å². The quantitative estimate of drug-likeness (QED) is 0.521. The Kier molecular flexibility index (Phi) is 4.94. The number of aromatic hydroxyl groups is 1. The Balaban J connectivity index is 3.48. The lowest BCUT2D eigenvalue weighted by atomic mass is 9.99. The minimum atomic E-state index is -1.00. The molecule has 1 aromatic rings. The molecular weight excluding hydrogens is 316 g/mol. The SMILES string of the molecule is CCOC(=O)C(=O)c1c(C)c(Br)c(C)c(OC)c1O. The van der Waals surface area contributed by atoms with Crippen LogP contribution in [-0.2, 0) is 9.53 Å². The van der Waals surface area contributed by atoms with Crippen LogP contribution in [0.25, 0.3) is 0 Å². The molecule has 19 heavy (non-hydrogen) atoms. The average molecular weight is 331 g/mol. The van der Waals surface area contributed by atoms with Gasteiger partial charge in [-0.25, -0.2) is 4.79 Å². The molecule has 0 aromatic heterocycles. The highest BCUT2D eigenvalue weighted by Gasteiger charge is 2.28. The molecule has 5 nitrogen and oxygen atoms in total. The van der Waals surface area contributed by atoms with Crippen LogP contribution >= 0.6 is 15.9 Å². The van der Waals surface area contributed by atoms with Gasteiger partial charge in [-0.05, 0) is 26.3 Å². The molecule has 0 aliphatic rings. The maximum atomic E-state index is 12.0. The van der Waals surface area contributed by atoms with E-state index in [1.54, 1.807) is 20.8 Å². The van der Waals surface area contributed by atoms with Crippen molar-refractivity contribution >= 4 is 27.7 Å². The number of phenolic OH excluding ortho intramolecular Hbond substituents is 1. The number of rotatable bonds is 4. The molecule has 0 fully saturated rings. The van der Waals surface area contributed by atoms with Gasteiger partial charge in [0.2, 0.25) is 0 Å². The van der Waals surface area contributed by atoms with Crippen LogP contribution in [0.3, 0.4) is 0 Å². The number of halogens is 1. The van der Waals surface area contributed by atoms with E-state index < -0.39 is 11.8 Å². The van der Waals surface area contributed by atoms with E-state index in [0.717, 1.165) is 0 Å². The Bertz CT molecular complexity index is 537. The summed E-state index contributed by atoms with van der Waals surface area (Å²) in [7, 11) is 1.38. The van der Waals surface area contributed by atoms with E-state index in [4.69, 9.17) is 4.74 Å². The molecule has 0 bridgehead atoms. The van der Waals surface area contributed by atoms with Crippen molar-refractivity contribution in [2.75, 3.05) is 13.7 Å². The van der Waals surface area contributed by atoms with Gasteiger partial charge in [-0.3, -0.25) is 4.79 Å². The summed E-state index contributed by atoms with van der Waals surface area (Å²) in [6, 6.07) is 0. The lowest BCUT2D eigenvalue weighted by Gasteiger charge is -2.15. The number of ether oxygens (including phenoxy) is 2. The summed E-state index contributed by atoms with van der Waals surface area (Å²) < 4.78 is 10.3. The number of benzene rings is 1. The van der Waals surface area contributed by atoms with Crippen molar-refractivity contribution in [2.45, 2.75) is 20.8 Å². The third-order valence-electron chi connectivity index (χ3n) is 2.72. The van der Waals surface area contributed by atoms with Crippen LogP contribution in [-0.4, -0.2) is 30.6 Å². The molecule has 0 aliphatic heterocycles. The van der Waals surface area contributed by atoms with Gasteiger partial charge in [0, 0.05) is 10.0 Å². The summed E-state index contributed by atoms with van der Waals surface area (Å²) in [6.07, 6.45) is 0. The molecule has 0 spiro atoms. The summed E-state index contributed by atoms with van der Waals surface area (Å²) in [5.74, 6) is -2.08. The Morgan fingerprint density at radius 3 is 2.32 bits per heavy atom. The van der Waals surface area contributed by atoms with Crippen molar-refractivity contribution in [2.24, 2.45) is 0 Å². The van der Waals surface area contributed by atoms with Gasteiger partial charge >= 0.3 is 5.97 Å². The van der Waals surface area contributed by atoms with E-state index in [1.165, 1.54) is 7.11 Å². The topological polar surface area (TPSA) is 72.8 Å². The van der Waals surface area contributed by atoms with Gasteiger partial charge in [-0.15, -0.1) is 0 Å². The fourth-order valence-electron chi connectivity index (χ4n) is 1.79. The van der Waals surface area contributed by atoms with Crippen molar-refractivity contribution in [1.29, 1.82) is 0 Å². The standard InChI is InChI=1S/C13H15BrO5/c1-5-19-13(17)11(16)8-6(2)9(14)7(3)12(18-4)10(8)15/h15H,5H2,1-4H3. The second-order valence-corrected chi connectivity index (χ2v) is 4.66. The van der Waals surface area contributed by atoms with Crippen LogP contribution < -0.4 is 4.74 Å². The van der Waals surface area contributed by atoms with Gasteiger partial charge in [0.25, 0.3) is 5.78 Å². The first-order chi connectivity index (χ1) is 8.86. The molecule has 6 heteroatoms. The van der Waals surface area contributed by atoms with Gasteiger partial charge in [0.15, 0.2) is 11.5 Å². The Morgan fingerprint density at radius 2 is 1.84 bits per heavy atom. The van der Waals surface area contributed by atoms with Gasteiger partial charge < -0.3 is 14.6 Å². The summed E-state index contributed by atoms with van der Waals surface area (Å²) in [4.78, 5) is 23.5. The minimum Gasteiger partial charge on any atom is -0.504 e. The number of hydrogen-bond acceptors (Lipinski definition) is 5. The van der Waals surface area contributed by atoms with Crippen molar-refractivity contribution in [3.05, 3.63) is 21.2 Å². The van der Waals surface area contributed by atoms with E-state index in [0.29, 0.717) is 15.6 Å². The smallest absolute Gasteiger partial charge is 0.379 e. The summed E-state index contributed by atoms with van der Waals surface area (Å²) in [5.41, 5.74) is 1.01. The van der Waals surface area contributed by atoms with Crippen molar-refractivity contribution < 1.29 is 24.2 Å². The molecule has 0 saturated carbocycles.